The average molecular weight is 526 g/mol. The first-order valence-electron chi connectivity index (χ1n) is 13.7. The Bertz CT molecular complexity index is 1140. The molecule has 4 aliphatic rings. The van der Waals surface area contributed by atoms with Crippen LogP contribution in [0, 0.1) is 28.6 Å². The monoisotopic (exact) mass is 525 g/mol. The van der Waals surface area contributed by atoms with Crippen molar-refractivity contribution in [3.63, 3.8) is 0 Å². The van der Waals surface area contributed by atoms with Crippen LogP contribution in [0.3, 0.4) is 0 Å². The predicted molar refractivity (Wildman–Crippen MR) is 140 cm³/mol. The zero-order chi connectivity index (χ0) is 27.1. The van der Waals surface area contributed by atoms with E-state index in [9.17, 15) is 24.9 Å². The number of Topliss-reactive ketones (excluding diaryl/α,β-unsaturated/α-hetero) is 1. The number of allylic oxidation sites excluding steroid dienone is 2. The second kappa shape index (κ2) is 10.2. The lowest BCUT2D eigenvalue weighted by Gasteiger charge is -2.60. The van der Waals surface area contributed by atoms with Gasteiger partial charge in [-0.05, 0) is 91.9 Å². The van der Waals surface area contributed by atoms with Crippen LogP contribution in [-0.4, -0.2) is 62.6 Å². The van der Waals surface area contributed by atoms with Gasteiger partial charge in [-0.15, -0.1) is 0 Å². The molecule has 1 aromatic rings. The molecule has 38 heavy (non-hydrogen) atoms. The molecule has 4 aliphatic carbocycles. The summed E-state index contributed by atoms with van der Waals surface area (Å²) in [4.78, 5) is 34.1. The third-order valence-corrected chi connectivity index (χ3v) is 10.3. The molecule has 0 bridgehead atoms. The number of aliphatic hydroxyl groups is 3. The molecule has 0 saturated heterocycles. The number of nitrogens with one attached hydrogen (secondary N) is 1. The van der Waals surface area contributed by atoms with Gasteiger partial charge in [0.2, 0.25) is 0 Å². The number of carbonyl (C=O) groups is 2. The molecule has 1 amide bonds. The first-order valence-corrected chi connectivity index (χ1v) is 13.7. The van der Waals surface area contributed by atoms with Gasteiger partial charge in [0.25, 0.3) is 5.91 Å². The van der Waals surface area contributed by atoms with Gasteiger partial charge >= 0.3 is 0 Å². The van der Waals surface area contributed by atoms with Crippen molar-refractivity contribution in [2.75, 3.05) is 13.2 Å². The summed E-state index contributed by atoms with van der Waals surface area (Å²) in [5.74, 6) is -0.414. The first-order chi connectivity index (χ1) is 18.1. The smallest absolute Gasteiger partial charge is 0.261 e. The third-order valence-electron chi connectivity index (χ3n) is 10.3. The van der Waals surface area contributed by atoms with Crippen LogP contribution in [0.15, 0.2) is 41.3 Å². The van der Waals surface area contributed by atoms with Crippen molar-refractivity contribution in [1.82, 2.24) is 10.3 Å². The van der Waals surface area contributed by atoms with Crippen molar-refractivity contribution in [2.45, 2.75) is 77.0 Å². The summed E-state index contributed by atoms with van der Waals surface area (Å²) in [7, 11) is 0. The zero-order valence-corrected chi connectivity index (χ0v) is 22.2. The molecule has 1 heterocycles. The maximum absolute atomic E-state index is 12.6. The van der Waals surface area contributed by atoms with Crippen LogP contribution in [0.2, 0.25) is 0 Å². The standard InChI is InChI=1S/C29H39N3O6/c1-27-9-5-20(32-38-17-25(36)31-15-18-7-11-30-12-8-18)13-19(27)3-4-21-22-6-10-29(37,24(35)16-33)28(22,2)14-23(34)26(21)27/h7-8,11-13,21-23,26,33-34,37H,3-6,9-10,14-17H2,1-2H3,(H,31,36)/b32-20-/t21?,22?,23?,26?,27-,28-,29-/m0/s1. The van der Waals surface area contributed by atoms with E-state index in [1.165, 1.54) is 5.57 Å². The lowest BCUT2D eigenvalue weighted by atomic mass is 9.45. The molecule has 4 N–H and O–H groups in total. The van der Waals surface area contributed by atoms with Gasteiger partial charge in [-0.3, -0.25) is 14.6 Å². The highest BCUT2D eigenvalue weighted by molar-refractivity contribution is 5.96. The summed E-state index contributed by atoms with van der Waals surface area (Å²) in [5.41, 5.74) is 0.487. The molecule has 0 aromatic carbocycles. The molecule has 9 heteroatoms. The van der Waals surface area contributed by atoms with E-state index in [0.29, 0.717) is 25.8 Å². The van der Waals surface area contributed by atoms with E-state index < -0.39 is 29.5 Å². The number of carbonyl (C=O) groups excluding carboxylic acids is 2. The quantitative estimate of drug-likeness (QED) is 0.400. The maximum atomic E-state index is 12.6. The van der Waals surface area contributed by atoms with Gasteiger partial charge in [-0.1, -0.05) is 24.6 Å². The van der Waals surface area contributed by atoms with Crippen molar-refractivity contribution >= 4 is 17.4 Å². The van der Waals surface area contributed by atoms with Crippen molar-refractivity contribution in [2.24, 2.45) is 33.7 Å². The van der Waals surface area contributed by atoms with Gasteiger partial charge in [0.1, 0.15) is 12.2 Å². The number of fused-ring (bicyclic) bond motifs is 5. The second-order valence-corrected chi connectivity index (χ2v) is 12.1. The van der Waals surface area contributed by atoms with Crippen LogP contribution >= 0.6 is 0 Å². The summed E-state index contributed by atoms with van der Waals surface area (Å²) >= 11 is 0. The number of ketones is 1. The average Bonchev–Trinajstić information content (AvgIpc) is 3.18. The number of nitrogens with zero attached hydrogens (tertiary/aromatic N) is 2. The predicted octanol–water partition coefficient (Wildman–Crippen LogP) is 2.30. The number of aromatic nitrogens is 1. The lowest BCUT2D eigenvalue weighted by Crippen LogP contribution is -2.62. The highest BCUT2D eigenvalue weighted by atomic mass is 16.6. The van der Waals surface area contributed by atoms with Gasteiger partial charge in [0.15, 0.2) is 12.4 Å². The number of pyridine rings is 1. The summed E-state index contributed by atoms with van der Waals surface area (Å²) < 4.78 is 0. The minimum absolute atomic E-state index is 0.0357. The number of oxime groups is 1. The Morgan fingerprint density at radius 2 is 1.95 bits per heavy atom. The number of rotatable bonds is 7. The van der Waals surface area contributed by atoms with Gasteiger partial charge in [-0.2, -0.15) is 0 Å². The molecular formula is C29H39N3O6. The number of hydrogen-bond donors (Lipinski definition) is 4. The van der Waals surface area contributed by atoms with Crippen LogP contribution < -0.4 is 5.32 Å². The van der Waals surface area contributed by atoms with E-state index in [4.69, 9.17) is 4.84 Å². The van der Waals surface area contributed by atoms with Crippen LogP contribution in [0.4, 0.5) is 0 Å². The minimum atomic E-state index is -1.58. The number of amides is 1. The molecule has 4 unspecified atom stereocenters. The lowest BCUT2D eigenvalue weighted by molar-refractivity contribution is -0.181. The molecule has 3 saturated carbocycles. The third kappa shape index (κ3) is 4.38. The highest BCUT2D eigenvalue weighted by Crippen LogP contribution is 2.67. The van der Waals surface area contributed by atoms with Crippen LogP contribution in [0.5, 0.6) is 0 Å². The minimum Gasteiger partial charge on any atom is -0.393 e. The van der Waals surface area contributed by atoms with Crippen molar-refractivity contribution in [3.8, 4) is 0 Å². The molecule has 9 nitrogen and oxygen atoms in total. The normalized spacial score (nSPS) is 39.0. The Hall–Kier alpha value is -2.62. The summed E-state index contributed by atoms with van der Waals surface area (Å²) in [6.45, 7) is 3.73. The largest absolute Gasteiger partial charge is 0.393 e. The van der Waals surface area contributed by atoms with Gasteiger partial charge in [0.05, 0.1) is 11.8 Å². The Morgan fingerprint density at radius 3 is 2.68 bits per heavy atom. The fraction of sp³-hybridized carbons (Fsp3) is 0.655. The molecule has 206 valence electrons. The van der Waals surface area contributed by atoms with Gasteiger partial charge in [-0.25, -0.2) is 0 Å². The SMILES string of the molecule is C[C@]12CC/C(=N/OCC(=O)NCc3ccncc3)C=C1CCC1C2C(O)C[C@@]2(C)C1CC[C@]2(O)C(=O)CO. The second-order valence-electron chi connectivity index (χ2n) is 12.1. The van der Waals surface area contributed by atoms with E-state index in [0.717, 1.165) is 37.0 Å². The molecule has 3 fully saturated rings. The number of aliphatic hydroxyl groups excluding tert-OH is 2. The summed E-state index contributed by atoms with van der Waals surface area (Å²) in [6, 6.07) is 3.68. The fourth-order valence-corrected chi connectivity index (χ4v) is 8.29. The van der Waals surface area contributed by atoms with E-state index in [1.54, 1.807) is 12.4 Å². The zero-order valence-electron chi connectivity index (χ0n) is 22.2. The molecule has 0 radical (unpaired) electrons. The van der Waals surface area contributed by atoms with Crippen LogP contribution in [0.1, 0.15) is 64.4 Å². The topological polar surface area (TPSA) is 141 Å². The van der Waals surface area contributed by atoms with Crippen molar-refractivity contribution < 1.29 is 29.7 Å². The summed E-state index contributed by atoms with van der Waals surface area (Å²) in [5, 5.41) is 39.4. The van der Waals surface area contributed by atoms with Gasteiger partial charge < -0.3 is 25.5 Å². The molecule has 0 aliphatic heterocycles. The Labute approximate surface area is 223 Å². The molecule has 5 rings (SSSR count). The molecule has 0 spiro atoms. The Balaban J connectivity index is 1.25. The van der Waals surface area contributed by atoms with Crippen molar-refractivity contribution in [1.29, 1.82) is 0 Å². The number of hydrogen-bond acceptors (Lipinski definition) is 8. The molecule has 7 atom stereocenters. The van der Waals surface area contributed by atoms with Crippen LogP contribution in [-0.2, 0) is 21.0 Å². The van der Waals surface area contributed by atoms with Crippen LogP contribution in [0.25, 0.3) is 0 Å². The molecule has 1 aromatic heterocycles. The van der Waals surface area contributed by atoms with E-state index in [1.807, 2.05) is 19.1 Å². The maximum Gasteiger partial charge on any atom is 0.261 e. The Morgan fingerprint density at radius 1 is 1.18 bits per heavy atom. The Kier molecular flexibility index (Phi) is 7.22. The highest BCUT2D eigenvalue weighted by Gasteiger charge is 2.68. The van der Waals surface area contributed by atoms with E-state index >= 15 is 0 Å². The molecular weight excluding hydrogens is 486 g/mol. The van der Waals surface area contributed by atoms with E-state index in [-0.39, 0.29) is 35.7 Å². The van der Waals surface area contributed by atoms with E-state index in [2.05, 4.69) is 28.5 Å². The first kappa shape index (κ1) is 27.0. The van der Waals surface area contributed by atoms with Gasteiger partial charge in [0, 0.05) is 24.4 Å². The van der Waals surface area contributed by atoms with Crippen molar-refractivity contribution in [3.05, 3.63) is 41.7 Å². The summed E-state index contributed by atoms with van der Waals surface area (Å²) in [6.07, 6.45) is 9.44. The fourth-order valence-electron chi connectivity index (χ4n) is 8.29.